The van der Waals surface area contributed by atoms with Crippen LogP contribution in [-0.2, 0) is 10.8 Å². The number of pyridine rings is 3. The summed E-state index contributed by atoms with van der Waals surface area (Å²) in [5, 5.41) is 2.33. The highest BCUT2D eigenvalue weighted by Gasteiger charge is 2.29. The summed E-state index contributed by atoms with van der Waals surface area (Å²) in [4.78, 5) is 18.9. The molecule has 0 N–H and O–H groups in total. The van der Waals surface area contributed by atoms with E-state index in [1.54, 1.807) is 0 Å². The summed E-state index contributed by atoms with van der Waals surface area (Å²) in [5.41, 5.74) is 12.8. The molecule has 7 nitrogen and oxygen atoms in total. The number of fused-ring (bicyclic) bond motifs is 4. The number of hydrogen-bond acceptors (Lipinski definition) is 6. The molecule has 4 aromatic carbocycles. The van der Waals surface area contributed by atoms with Crippen molar-refractivity contribution in [1.29, 1.82) is 0 Å². The first-order chi connectivity index (χ1) is 27.3. The van der Waals surface area contributed by atoms with E-state index in [0.717, 1.165) is 62.2 Å². The first kappa shape index (κ1) is 36.2. The zero-order valence-corrected chi connectivity index (χ0v) is 34.0. The Bertz CT molecular complexity index is 2780. The van der Waals surface area contributed by atoms with Gasteiger partial charge < -0.3 is 14.5 Å². The third-order valence-electron chi connectivity index (χ3n) is 11.2. The second kappa shape index (κ2) is 13.6. The number of rotatable bonds is 6. The lowest BCUT2D eigenvalue weighted by atomic mass is 9.83. The van der Waals surface area contributed by atoms with Crippen LogP contribution in [0.25, 0.3) is 38.8 Å². The Hall–Kier alpha value is -6.47. The summed E-state index contributed by atoms with van der Waals surface area (Å²) in [6, 6.07) is 38.4. The lowest BCUT2D eigenvalue weighted by Crippen LogP contribution is -2.24. The molecular weight excluding hydrogens is 701 g/mol. The second-order valence-electron chi connectivity index (χ2n) is 17.3. The molecule has 7 heteroatoms. The summed E-state index contributed by atoms with van der Waals surface area (Å²) in [6.07, 6.45) is 7.69. The van der Waals surface area contributed by atoms with Gasteiger partial charge in [-0.1, -0.05) is 77.9 Å². The molecule has 0 saturated heterocycles. The van der Waals surface area contributed by atoms with Gasteiger partial charge in [0.25, 0.3) is 0 Å². The third kappa shape index (κ3) is 6.57. The maximum atomic E-state index is 6.65. The Morgan fingerprint density at radius 1 is 0.561 bits per heavy atom. The molecule has 0 spiro atoms. The third-order valence-corrected chi connectivity index (χ3v) is 11.2. The van der Waals surface area contributed by atoms with Crippen molar-refractivity contribution in [3.05, 3.63) is 156 Å². The van der Waals surface area contributed by atoms with Crippen molar-refractivity contribution in [3.63, 3.8) is 0 Å². The van der Waals surface area contributed by atoms with E-state index in [2.05, 4.69) is 172 Å². The van der Waals surface area contributed by atoms with E-state index >= 15 is 0 Å². The minimum atomic E-state index is -0.00238. The van der Waals surface area contributed by atoms with Crippen LogP contribution in [0.1, 0.15) is 63.8 Å². The van der Waals surface area contributed by atoms with Crippen molar-refractivity contribution in [2.24, 2.45) is 0 Å². The van der Waals surface area contributed by atoms with Crippen molar-refractivity contribution < 1.29 is 4.74 Å². The summed E-state index contributed by atoms with van der Waals surface area (Å²) < 4.78 is 8.90. The highest BCUT2D eigenvalue weighted by atomic mass is 16.5. The smallest absolute Gasteiger partial charge is 0.137 e. The fourth-order valence-electron chi connectivity index (χ4n) is 8.19. The van der Waals surface area contributed by atoms with Gasteiger partial charge in [0.05, 0.1) is 28.6 Å². The topological polar surface area (TPSA) is 59.3 Å². The predicted molar refractivity (Wildman–Crippen MR) is 235 cm³/mol. The average molecular weight is 749 g/mol. The molecule has 0 aliphatic carbocycles. The Balaban J connectivity index is 1.02. The highest BCUT2D eigenvalue weighted by molar-refractivity contribution is 6.09. The fraction of sp³-hybridized carbons (Fsp3) is 0.220. The Kier molecular flexibility index (Phi) is 8.65. The number of para-hydroxylation sites is 1. The Morgan fingerprint density at radius 3 is 2.07 bits per heavy atom. The zero-order valence-electron chi connectivity index (χ0n) is 34.0. The normalized spacial score (nSPS) is 13.1. The van der Waals surface area contributed by atoms with Crippen molar-refractivity contribution in [2.45, 2.75) is 66.2 Å². The molecule has 0 amide bonds. The molecule has 5 heterocycles. The predicted octanol–water partition coefficient (Wildman–Crippen LogP) is 12.9. The van der Waals surface area contributed by atoms with Gasteiger partial charge in [0, 0.05) is 52.7 Å². The molecule has 57 heavy (non-hydrogen) atoms. The van der Waals surface area contributed by atoms with Crippen LogP contribution >= 0.6 is 0 Å². The standard InChI is InChI=1S/C50H48N6O/c1-32-24-36(50(6,7)8)25-33(2)48(32)34-16-19-46(53-29-34)55-31-54(45-30-51-22-21-43(45)55)37-12-11-13-38(27-37)57-39-17-18-41-40-14-9-10-15-42(40)56(44(41)28-39)47-26-35(20-23-52-47)49(3,4)5/h9-30H,31H2,1-8H3. The van der Waals surface area contributed by atoms with E-state index < -0.39 is 0 Å². The van der Waals surface area contributed by atoms with Gasteiger partial charge in [-0.3, -0.25) is 9.55 Å². The molecule has 0 saturated carbocycles. The number of aryl methyl sites for hydroxylation is 2. The van der Waals surface area contributed by atoms with E-state index in [0.29, 0.717) is 6.67 Å². The zero-order chi connectivity index (χ0) is 39.6. The van der Waals surface area contributed by atoms with Gasteiger partial charge in [-0.25, -0.2) is 9.97 Å². The molecule has 9 rings (SSSR count). The minimum Gasteiger partial charge on any atom is -0.457 e. The van der Waals surface area contributed by atoms with Crippen LogP contribution in [0.5, 0.6) is 11.5 Å². The number of nitrogens with zero attached hydrogens (tertiary/aromatic N) is 6. The second-order valence-corrected chi connectivity index (χ2v) is 17.3. The minimum absolute atomic E-state index is 0.00238. The van der Waals surface area contributed by atoms with Crippen LogP contribution < -0.4 is 14.5 Å². The van der Waals surface area contributed by atoms with Gasteiger partial charge in [0.1, 0.15) is 29.8 Å². The molecule has 0 bridgehead atoms. The average Bonchev–Trinajstić information content (AvgIpc) is 3.74. The van der Waals surface area contributed by atoms with E-state index in [1.807, 2.05) is 36.9 Å². The van der Waals surface area contributed by atoms with Crippen LogP contribution in [0.3, 0.4) is 0 Å². The molecule has 0 unspecified atom stereocenters. The van der Waals surface area contributed by atoms with Gasteiger partial charge in [-0.15, -0.1) is 0 Å². The lowest BCUT2D eigenvalue weighted by Gasteiger charge is -2.23. The molecule has 0 atom stereocenters. The number of benzene rings is 4. The maximum absolute atomic E-state index is 6.65. The van der Waals surface area contributed by atoms with Gasteiger partial charge in [-0.2, -0.15) is 0 Å². The van der Waals surface area contributed by atoms with Crippen molar-refractivity contribution >= 4 is 44.7 Å². The van der Waals surface area contributed by atoms with E-state index in [4.69, 9.17) is 14.7 Å². The van der Waals surface area contributed by atoms with E-state index in [1.165, 1.54) is 33.2 Å². The summed E-state index contributed by atoms with van der Waals surface area (Å²) in [7, 11) is 0. The monoisotopic (exact) mass is 748 g/mol. The van der Waals surface area contributed by atoms with Gasteiger partial charge in [-0.05, 0) is 113 Å². The Morgan fingerprint density at radius 2 is 1.32 bits per heavy atom. The van der Waals surface area contributed by atoms with Crippen molar-refractivity contribution in [2.75, 3.05) is 16.5 Å². The van der Waals surface area contributed by atoms with E-state index in [-0.39, 0.29) is 10.8 Å². The number of aromatic nitrogens is 4. The number of hydrogen-bond donors (Lipinski definition) is 0. The van der Waals surface area contributed by atoms with Gasteiger partial charge >= 0.3 is 0 Å². The number of anilines is 4. The van der Waals surface area contributed by atoms with Crippen LogP contribution in [0.4, 0.5) is 22.9 Å². The van der Waals surface area contributed by atoms with Gasteiger partial charge in [0.2, 0.25) is 0 Å². The summed E-state index contributed by atoms with van der Waals surface area (Å²) >= 11 is 0. The molecule has 8 aromatic rings. The van der Waals surface area contributed by atoms with E-state index in [9.17, 15) is 0 Å². The summed E-state index contributed by atoms with van der Waals surface area (Å²) in [6.45, 7) is 18.5. The lowest BCUT2D eigenvalue weighted by molar-refractivity contribution is 0.483. The highest BCUT2D eigenvalue weighted by Crippen LogP contribution is 2.45. The Labute approximate surface area is 335 Å². The SMILES string of the molecule is Cc1cc(C(C)(C)C)cc(C)c1-c1ccc(N2CN(c3cccc(Oc4ccc5c6ccccc6n(-c6cc(C(C)(C)C)ccn6)c5c4)c3)c3cnccc32)nc1. The molecule has 1 aliphatic rings. The largest absolute Gasteiger partial charge is 0.457 e. The molecule has 284 valence electrons. The quantitative estimate of drug-likeness (QED) is 0.169. The first-order valence-corrected chi connectivity index (χ1v) is 19.7. The maximum Gasteiger partial charge on any atom is 0.137 e. The molecular formula is C50H48N6O. The number of ether oxygens (including phenoxy) is 1. The molecule has 0 fully saturated rings. The van der Waals surface area contributed by atoms with Crippen LogP contribution in [0, 0.1) is 13.8 Å². The molecule has 4 aromatic heterocycles. The molecule has 1 aliphatic heterocycles. The van der Waals surface area contributed by atoms with Crippen molar-refractivity contribution in [3.8, 4) is 28.4 Å². The summed E-state index contributed by atoms with van der Waals surface area (Å²) in [5.74, 6) is 3.28. The first-order valence-electron chi connectivity index (χ1n) is 19.7. The van der Waals surface area contributed by atoms with Crippen LogP contribution in [0.15, 0.2) is 134 Å². The van der Waals surface area contributed by atoms with Gasteiger partial charge in [0.15, 0.2) is 0 Å². The van der Waals surface area contributed by atoms with Crippen LogP contribution in [-0.4, -0.2) is 26.2 Å². The van der Waals surface area contributed by atoms with Crippen LogP contribution in [0.2, 0.25) is 0 Å². The molecule has 0 radical (unpaired) electrons. The van der Waals surface area contributed by atoms with Crippen molar-refractivity contribution in [1.82, 2.24) is 19.5 Å². The fourth-order valence-corrected chi connectivity index (χ4v) is 8.19.